The Morgan fingerprint density at radius 2 is 1.88 bits per heavy atom. The number of rotatable bonds is 3. The minimum atomic E-state index is -0.139. The Bertz CT molecular complexity index is 377. The van der Waals surface area contributed by atoms with Gasteiger partial charge < -0.3 is 4.74 Å². The summed E-state index contributed by atoms with van der Waals surface area (Å²) in [4.78, 5) is 0. The largest absolute Gasteiger partial charge is 0.368 e. The van der Waals surface area contributed by atoms with Gasteiger partial charge in [-0.2, -0.15) is 0 Å². The van der Waals surface area contributed by atoms with Gasteiger partial charge in [-0.1, -0.05) is 29.5 Å². The van der Waals surface area contributed by atoms with E-state index >= 15 is 0 Å². The van der Waals surface area contributed by atoms with Crippen molar-refractivity contribution < 1.29 is 4.74 Å². The Balaban J connectivity index is 2.99. The maximum atomic E-state index is 5.95. The summed E-state index contributed by atoms with van der Waals surface area (Å²) >= 11 is 0. The van der Waals surface area contributed by atoms with Gasteiger partial charge in [0.05, 0.1) is 21.9 Å². The molecule has 1 aromatic carbocycles. The average Bonchev–Trinajstić information content (AvgIpc) is 2.15. The van der Waals surface area contributed by atoms with E-state index in [9.17, 15) is 0 Å². The molecule has 0 aromatic heterocycles. The fourth-order valence-corrected chi connectivity index (χ4v) is 1.95. The van der Waals surface area contributed by atoms with Crippen molar-refractivity contribution in [1.82, 2.24) is 0 Å². The van der Waals surface area contributed by atoms with Crippen LogP contribution in [0.5, 0.6) is 0 Å². The number of hydrogen-bond acceptors (Lipinski definition) is 1. The SMILES string of the molecule is C=C([Si])c1ccccc1C(C)OC(C)(C)C. The predicted molar refractivity (Wildman–Crippen MR) is 70.5 cm³/mol. The zero-order valence-corrected chi connectivity index (χ0v) is 11.5. The molecule has 0 spiro atoms. The third kappa shape index (κ3) is 3.61. The highest BCUT2D eigenvalue weighted by Gasteiger charge is 2.18. The van der Waals surface area contributed by atoms with Gasteiger partial charge in [-0.25, -0.2) is 0 Å². The van der Waals surface area contributed by atoms with Gasteiger partial charge in [0.15, 0.2) is 0 Å². The molecule has 0 amide bonds. The molecule has 0 aliphatic carbocycles. The highest BCUT2D eigenvalue weighted by atomic mass is 28.1. The molecule has 1 atom stereocenters. The molecular formula is C14H19OSi. The standard InChI is InChI=1S/C14H19OSi/c1-10(15-14(3,4)5)12-8-6-7-9-13(12)11(2)16/h6-10H,2H2,1,3-5H3. The van der Waals surface area contributed by atoms with E-state index in [1.807, 2.05) is 18.2 Å². The maximum absolute atomic E-state index is 5.95. The molecule has 0 saturated carbocycles. The molecule has 0 N–H and O–H groups in total. The Hall–Kier alpha value is -0.863. The Morgan fingerprint density at radius 1 is 1.31 bits per heavy atom. The highest BCUT2D eigenvalue weighted by Crippen LogP contribution is 2.28. The smallest absolute Gasteiger partial charge is 0.0809 e. The number of hydrogen-bond donors (Lipinski definition) is 0. The van der Waals surface area contributed by atoms with Gasteiger partial charge in [-0.3, -0.25) is 0 Å². The van der Waals surface area contributed by atoms with Gasteiger partial charge in [0, 0.05) is 0 Å². The molecule has 0 bridgehead atoms. The van der Waals surface area contributed by atoms with Crippen LogP contribution in [0, 0.1) is 0 Å². The lowest BCUT2D eigenvalue weighted by molar-refractivity contribution is -0.0530. The van der Waals surface area contributed by atoms with E-state index in [4.69, 9.17) is 4.74 Å². The Labute approximate surface area is 102 Å². The molecule has 85 valence electrons. The molecule has 1 rings (SSSR count). The second-order valence-corrected chi connectivity index (χ2v) is 5.54. The quantitative estimate of drug-likeness (QED) is 0.721. The molecule has 0 aliphatic heterocycles. The molecule has 1 aromatic rings. The zero-order valence-electron chi connectivity index (χ0n) is 10.5. The van der Waals surface area contributed by atoms with Crippen molar-refractivity contribution in [3.8, 4) is 0 Å². The highest BCUT2D eigenvalue weighted by molar-refractivity contribution is 6.41. The van der Waals surface area contributed by atoms with Crippen LogP contribution in [0.1, 0.15) is 44.9 Å². The summed E-state index contributed by atoms with van der Waals surface area (Å²) in [5.74, 6) is 0. The molecular weight excluding hydrogens is 212 g/mol. The molecule has 3 radical (unpaired) electrons. The van der Waals surface area contributed by atoms with Crippen molar-refractivity contribution in [3.63, 3.8) is 0 Å². The maximum Gasteiger partial charge on any atom is 0.0809 e. The van der Waals surface area contributed by atoms with Gasteiger partial charge >= 0.3 is 0 Å². The van der Waals surface area contributed by atoms with E-state index in [0.717, 1.165) is 16.3 Å². The first-order chi connectivity index (χ1) is 7.31. The third-order valence-corrected chi connectivity index (χ3v) is 2.52. The van der Waals surface area contributed by atoms with Gasteiger partial charge in [0.25, 0.3) is 0 Å². The third-order valence-electron chi connectivity index (χ3n) is 2.25. The van der Waals surface area contributed by atoms with Gasteiger partial charge in [0.1, 0.15) is 0 Å². The van der Waals surface area contributed by atoms with Crippen molar-refractivity contribution >= 4 is 15.4 Å². The summed E-state index contributed by atoms with van der Waals surface area (Å²) in [6, 6.07) is 8.16. The van der Waals surface area contributed by atoms with Crippen LogP contribution in [0.4, 0.5) is 0 Å². The molecule has 0 heterocycles. The lowest BCUT2D eigenvalue weighted by atomic mass is 10.0. The van der Waals surface area contributed by atoms with E-state index in [1.54, 1.807) is 0 Å². The molecule has 0 aliphatic rings. The van der Waals surface area contributed by atoms with E-state index in [0.29, 0.717) is 0 Å². The Morgan fingerprint density at radius 3 is 2.38 bits per heavy atom. The topological polar surface area (TPSA) is 9.23 Å². The van der Waals surface area contributed by atoms with Crippen LogP contribution in [0.15, 0.2) is 30.8 Å². The second-order valence-electron chi connectivity index (χ2n) is 4.94. The van der Waals surface area contributed by atoms with Crippen LogP contribution in [-0.4, -0.2) is 15.8 Å². The van der Waals surface area contributed by atoms with E-state index in [2.05, 4.69) is 50.6 Å². The van der Waals surface area contributed by atoms with Crippen molar-refractivity contribution in [3.05, 3.63) is 42.0 Å². The van der Waals surface area contributed by atoms with Crippen LogP contribution in [-0.2, 0) is 4.74 Å². The molecule has 1 nitrogen and oxygen atoms in total. The van der Waals surface area contributed by atoms with Crippen molar-refractivity contribution in [2.45, 2.75) is 39.4 Å². The van der Waals surface area contributed by atoms with Crippen LogP contribution >= 0.6 is 0 Å². The Kier molecular flexibility index (Phi) is 4.11. The molecule has 0 saturated heterocycles. The van der Waals surface area contributed by atoms with Crippen LogP contribution < -0.4 is 0 Å². The monoisotopic (exact) mass is 231 g/mol. The van der Waals surface area contributed by atoms with Crippen molar-refractivity contribution in [1.29, 1.82) is 0 Å². The number of benzene rings is 1. The lowest BCUT2D eigenvalue weighted by Crippen LogP contribution is -2.21. The number of ether oxygens (including phenoxy) is 1. The van der Waals surface area contributed by atoms with E-state index < -0.39 is 0 Å². The predicted octanol–water partition coefficient (Wildman–Crippen LogP) is 3.70. The summed E-state index contributed by atoms with van der Waals surface area (Å²) in [5, 5.41) is 0.889. The molecule has 1 unspecified atom stereocenters. The van der Waals surface area contributed by atoms with Crippen molar-refractivity contribution in [2.24, 2.45) is 0 Å². The summed E-state index contributed by atoms with van der Waals surface area (Å²) in [6.07, 6.45) is 0.0595. The average molecular weight is 231 g/mol. The first-order valence-electron chi connectivity index (χ1n) is 5.49. The minimum Gasteiger partial charge on any atom is -0.368 e. The van der Waals surface area contributed by atoms with Crippen LogP contribution in [0.25, 0.3) is 5.20 Å². The summed E-state index contributed by atoms with van der Waals surface area (Å²) in [7, 11) is 3.48. The van der Waals surface area contributed by atoms with E-state index in [1.165, 1.54) is 0 Å². The van der Waals surface area contributed by atoms with Crippen LogP contribution in [0.2, 0.25) is 0 Å². The van der Waals surface area contributed by atoms with Gasteiger partial charge in [-0.05, 0) is 38.8 Å². The molecule has 2 heteroatoms. The summed E-state index contributed by atoms with van der Waals surface area (Å²) < 4.78 is 5.95. The van der Waals surface area contributed by atoms with Crippen LogP contribution in [0.3, 0.4) is 0 Å². The minimum absolute atomic E-state index is 0.0595. The summed E-state index contributed by atoms with van der Waals surface area (Å²) in [5.41, 5.74) is 2.13. The molecule has 0 fully saturated rings. The summed E-state index contributed by atoms with van der Waals surface area (Å²) in [6.45, 7) is 12.2. The second kappa shape index (κ2) is 4.98. The van der Waals surface area contributed by atoms with Crippen molar-refractivity contribution in [2.75, 3.05) is 0 Å². The first kappa shape index (κ1) is 13.2. The molecule has 16 heavy (non-hydrogen) atoms. The first-order valence-corrected chi connectivity index (χ1v) is 5.99. The lowest BCUT2D eigenvalue weighted by Gasteiger charge is -2.26. The van der Waals surface area contributed by atoms with Gasteiger partial charge in [0.2, 0.25) is 0 Å². The van der Waals surface area contributed by atoms with E-state index in [-0.39, 0.29) is 11.7 Å². The normalized spacial score (nSPS) is 13.6. The zero-order chi connectivity index (χ0) is 12.3. The van der Waals surface area contributed by atoms with Gasteiger partial charge in [-0.15, -0.1) is 6.58 Å². The fourth-order valence-electron chi connectivity index (χ4n) is 1.72. The fraction of sp³-hybridized carbons (Fsp3) is 0.429.